The minimum Gasteiger partial charge on any atom is -0.481 e. The molecule has 150 valence electrons. The molecular weight excluding hydrogens is 372 g/mol. The van der Waals surface area contributed by atoms with Crippen LogP contribution in [-0.2, 0) is 14.3 Å². The van der Waals surface area contributed by atoms with Crippen molar-refractivity contribution >= 4 is 17.7 Å². The quantitative estimate of drug-likeness (QED) is 0.611. The molecule has 0 aliphatic rings. The Morgan fingerprint density at radius 1 is 1.03 bits per heavy atom. The second-order valence-electron chi connectivity index (χ2n) is 6.60. The number of esters is 1. The van der Waals surface area contributed by atoms with Gasteiger partial charge in [-0.15, -0.1) is 0 Å². The van der Waals surface area contributed by atoms with Crippen LogP contribution >= 0.6 is 0 Å². The van der Waals surface area contributed by atoms with Gasteiger partial charge >= 0.3 is 5.97 Å². The van der Waals surface area contributed by atoms with E-state index < -0.39 is 18.0 Å². The van der Waals surface area contributed by atoms with Gasteiger partial charge in [0.15, 0.2) is 12.4 Å². The minimum absolute atomic E-state index is 0.247. The number of carbonyl (C=O) groups is 2. The molecule has 1 heterocycles. The first-order valence-corrected chi connectivity index (χ1v) is 9.11. The Balaban J connectivity index is 1.71. The summed E-state index contributed by atoms with van der Waals surface area (Å²) in [6, 6.07) is 16.0. The number of ether oxygens (including phenoxy) is 2. The van der Waals surface area contributed by atoms with Crippen molar-refractivity contribution in [3.05, 3.63) is 77.0 Å². The van der Waals surface area contributed by atoms with Crippen molar-refractivity contribution in [1.82, 2.24) is 5.16 Å². The van der Waals surface area contributed by atoms with E-state index in [1.165, 1.54) is 0 Å². The molecule has 3 rings (SSSR count). The third-order valence-electron chi connectivity index (χ3n) is 4.21. The third-order valence-corrected chi connectivity index (χ3v) is 4.21. The second kappa shape index (κ2) is 9.05. The lowest BCUT2D eigenvalue weighted by atomic mass is 10.1. The first-order valence-electron chi connectivity index (χ1n) is 9.11. The molecule has 0 spiro atoms. The number of nitrogens with zero attached hydrogens (tertiary/aromatic N) is 1. The highest BCUT2D eigenvalue weighted by molar-refractivity contribution is 5.95. The molecule has 7 heteroatoms. The third kappa shape index (κ3) is 5.22. The fourth-order valence-electron chi connectivity index (χ4n) is 2.84. The number of aromatic nitrogens is 1. The smallest absolute Gasteiger partial charge is 0.345 e. The molecule has 3 aromatic rings. The molecule has 1 amide bonds. The van der Waals surface area contributed by atoms with Crippen LogP contribution in [0, 0.1) is 20.8 Å². The van der Waals surface area contributed by atoms with Gasteiger partial charge < -0.3 is 19.3 Å². The van der Waals surface area contributed by atoms with Crippen molar-refractivity contribution < 1.29 is 23.6 Å². The van der Waals surface area contributed by atoms with E-state index >= 15 is 0 Å². The van der Waals surface area contributed by atoms with E-state index in [2.05, 4.69) is 10.5 Å². The molecule has 2 aromatic carbocycles. The van der Waals surface area contributed by atoms with E-state index in [0.717, 1.165) is 11.1 Å². The Morgan fingerprint density at radius 3 is 2.34 bits per heavy atom. The summed E-state index contributed by atoms with van der Waals surface area (Å²) in [6.07, 6.45) is -1.15. The topological polar surface area (TPSA) is 90.7 Å². The molecule has 0 saturated heterocycles. The monoisotopic (exact) mass is 394 g/mol. The molecule has 0 aliphatic carbocycles. The lowest BCUT2D eigenvalue weighted by molar-refractivity contribution is -0.156. The highest BCUT2D eigenvalue weighted by Crippen LogP contribution is 2.23. The van der Waals surface area contributed by atoms with Crippen LogP contribution in [0.3, 0.4) is 0 Å². The fraction of sp³-hybridized carbons (Fsp3) is 0.227. The van der Waals surface area contributed by atoms with E-state index in [0.29, 0.717) is 17.1 Å². The number of hydrogen-bond donors (Lipinski definition) is 1. The van der Waals surface area contributed by atoms with Crippen LogP contribution in [0.5, 0.6) is 5.75 Å². The van der Waals surface area contributed by atoms with Gasteiger partial charge in [-0.05, 0) is 31.9 Å². The Bertz CT molecular complexity index is 977. The summed E-state index contributed by atoms with van der Waals surface area (Å²) in [4.78, 5) is 25.2. The summed E-state index contributed by atoms with van der Waals surface area (Å²) in [5, 5.41) is 6.33. The normalized spacial score (nSPS) is 11.6. The molecule has 7 nitrogen and oxygen atoms in total. The van der Waals surface area contributed by atoms with Crippen molar-refractivity contribution in [2.24, 2.45) is 0 Å². The SMILES string of the molecule is Cc1cc(NC(=O)C(OC(=O)COc2c(C)cccc2C)c2ccccc2)no1. The molecule has 0 radical (unpaired) electrons. The van der Waals surface area contributed by atoms with Crippen molar-refractivity contribution in [3.63, 3.8) is 0 Å². The lowest BCUT2D eigenvalue weighted by Crippen LogP contribution is -2.28. The van der Waals surface area contributed by atoms with Gasteiger partial charge in [-0.1, -0.05) is 53.7 Å². The van der Waals surface area contributed by atoms with Crippen molar-refractivity contribution in [3.8, 4) is 5.75 Å². The number of carbonyl (C=O) groups excluding carboxylic acids is 2. The largest absolute Gasteiger partial charge is 0.481 e. The first kappa shape index (κ1) is 20.1. The molecule has 0 bridgehead atoms. The van der Waals surface area contributed by atoms with Gasteiger partial charge in [0, 0.05) is 11.6 Å². The number of anilines is 1. The molecule has 1 atom stereocenters. The van der Waals surface area contributed by atoms with E-state index in [9.17, 15) is 9.59 Å². The number of hydrogen-bond acceptors (Lipinski definition) is 6. The Labute approximate surface area is 168 Å². The molecule has 1 unspecified atom stereocenters. The predicted octanol–water partition coefficient (Wildman–Crippen LogP) is 3.90. The van der Waals surface area contributed by atoms with Crippen molar-refractivity contribution in [2.45, 2.75) is 26.9 Å². The van der Waals surface area contributed by atoms with Gasteiger partial charge in [0.05, 0.1) is 0 Å². The molecule has 29 heavy (non-hydrogen) atoms. The van der Waals surface area contributed by atoms with E-state index in [4.69, 9.17) is 14.0 Å². The van der Waals surface area contributed by atoms with Gasteiger partial charge in [0.2, 0.25) is 6.10 Å². The van der Waals surface area contributed by atoms with Gasteiger partial charge in [0.25, 0.3) is 5.91 Å². The van der Waals surface area contributed by atoms with E-state index in [-0.39, 0.29) is 12.4 Å². The zero-order valence-corrected chi connectivity index (χ0v) is 16.5. The van der Waals surface area contributed by atoms with Crippen LogP contribution in [0.2, 0.25) is 0 Å². The zero-order chi connectivity index (χ0) is 20.8. The number of nitrogens with one attached hydrogen (secondary N) is 1. The number of para-hydroxylation sites is 1. The Kier molecular flexibility index (Phi) is 6.29. The second-order valence-corrected chi connectivity index (χ2v) is 6.60. The summed E-state index contributed by atoms with van der Waals surface area (Å²) in [7, 11) is 0. The molecule has 0 saturated carbocycles. The van der Waals surface area contributed by atoms with Crippen LogP contribution < -0.4 is 10.1 Å². The van der Waals surface area contributed by atoms with Crippen LogP contribution in [0.1, 0.15) is 28.6 Å². The van der Waals surface area contributed by atoms with E-state index in [1.54, 1.807) is 37.3 Å². The summed E-state index contributed by atoms with van der Waals surface area (Å²) in [5.41, 5.74) is 2.36. The molecular formula is C22H22N2O5. The van der Waals surface area contributed by atoms with Crippen molar-refractivity contribution in [2.75, 3.05) is 11.9 Å². The highest BCUT2D eigenvalue weighted by atomic mass is 16.6. The summed E-state index contributed by atoms with van der Waals surface area (Å²) in [5.74, 6) is 0.230. The zero-order valence-electron chi connectivity index (χ0n) is 16.5. The van der Waals surface area contributed by atoms with Crippen molar-refractivity contribution in [1.29, 1.82) is 0 Å². The first-order chi connectivity index (χ1) is 13.9. The van der Waals surface area contributed by atoms with Gasteiger partial charge in [-0.2, -0.15) is 0 Å². The van der Waals surface area contributed by atoms with Crippen LogP contribution in [0.25, 0.3) is 0 Å². The van der Waals surface area contributed by atoms with Gasteiger partial charge in [0.1, 0.15) is 11.5 Å². The van der Waals surface area contributed by atoms with Gasteiger partial charge in [-0.3, -0.25) is 4.79 Å². The number of rotatable bonds is 7. The number of amides is 1. The molecule has 1 aromatic heterocycles. The summed E-state index contributed by atoms with van der Waals surface area (Å²) < 4.78 is 16.0. The average molecular weight is 394 g/mol. The maximum Gasteiger partial charge on any atom is 0.345 e. The van der Waals surface area contributed by atoms with E-state index in [1.807, 2.05) is 38.1 Å². The maximum absolute atomic E-state index is 12.7. The minimum atomic E-state index is -1.15. The fourth-order valence-corrected chi connectivity index (χ4v) is 2.84. The lowest BCUT2D eigenvalue weighted by Gasteiger charge is -2.18. The van der Waals surface area contributed by atoms with Crippen LogP contribution in [0.4, 0.5) is 5.82 Å². The highest BCUT2D eigenvalue weighted by Gasteiger charge is 2.26. The Morgan fingerprint density at radius 2 is 1.72 bits per heavy atom. The number of aryl methyl sites for hydroxylation is 3. The molecule has 0 aliphatic heterocycles. The van der Waals surface area contributed by atoms with Crippen LogP contribution in [-0.4, -0.2) is 23.6 Å². The maximum atomic E-state index is 12.7. The van der Waals surface area contributed by atoms with Crippen LogP contribution in [0.15, 0.2) is 59.1 Å². The predicted molar refractivity (Wildman–Crippen MR) is 107 cm³/mol. The number of benzene rings is 2. The molecule has 0 fully saturated rings. The standard InChI is InChI=1S/C22H22N2O5/c1-14-8-7-9-15(2)20(14)27-13-19(25)28-21(17-10-5-4-6-11-17)22(26)23-18-12-16(3)29-24-18/h4-12,21H,13H2,1-3H3,(H,23,24,26). The summed E-state index contributed by atoms with van der Waals surface area (Å²) >= 11 is 0. The van der Waals surface area contributed by atoms with Gasteiger partial charge in [-0.25, -0.2) is 4.79 Å². The summed E-state index contributed by atoms with van der Waals surface area (Å²) in [6.45, 7) is 5.19. The molecule has 1 N–H and O–H groups in total. The average Bonchev–Trinajstić information content (AvgIpc) is 3.11. The Hall–Kier alpha value is -3.61.